The van der Waals surface area contributed by atoms with Gasteiger partial charge in [0, 0.05) is 0 Å². The summed E-state index contributed by atoms with van der Waals surface area (Å²) in [6, 6.07) is 0. The Labute approximate surface area is 415 Å². The minimum absolute atomic E-state index is 0.513. The first-order chi connectivity index (χ1) is 32.3. The molecule has 0 saturated heterocycles. The molecule has 0 fully saturated rings. The normalized spacial score (nSPS) is 12.7. The number of rotatable bonds is 60. The van der Waals surface area contributed by atoms with Crippen molar-refractivity contribution in [1.29, 1.82) is 0 Å². The van der Waals surface area contributed by atoms with E-state index in [4.69, 9.17) is 4.74 Å². The zero-order valence-corrected chi connectivity index (χ0v) is 46.6. The van der Waals surface area contributed by atoms with Gasteiger partial charge in [-0.2, -0.15) is 0 Å². The summed E-state index contributed by atoms with van der Waals surface area (Å²) in [6.45, 7) is 9.31. The average molecular weight is 916 g/mol. The van der Waals surface area contributed by atoms with Gasteiger partial charge in [0.2, 0.25) is 0 Å². The average Bonchev–Trinajstić information content (AvgIpc) is 3.31. The lowest BCUT2D eigenvalue weighted by atomic mass is 9.99. The summed E-state index contributed by atoms with van der Waals surface area (Å²) >= 11 is 0. The van der Waals surface area contributed by atoms with E-state index in [2.05, 4.69) is 27.7 Å². The summed E-state index contributed by atoms with van der Waals surface area (Å²) in [5, 5.41) is 0. The van der Waals surface area contributed by atoms with Gasteiger partial charge in [-0.15, -0.1) is 0 Å². The van der Waals surface area contributed by atoms with Crippen molar-refractivity contribution in [1.82, 2.24) is 0 Å². The first kappa shape index (κ1) is 65.0. The van der Waals surface area contributed by atoms with Crippen molar-refractivity contribution in [3.05, 3.63) is 0 Å². The van der Waals surface area contributed by atoms with E-state index in [1.165, 1.54) is 372 Å². The molecule has 0 rings (SSSR count). The smallest absolute Gasteiger partial charge is 0.0578 e. The van der Waals surface area contributed by atoms with Crippen molar-refractivity contribution in [2.45, 2.75) is 412 Å². The third kappa shape index (κ3) is 56.4. The van der Waals surface area contributed by atoms with Crippen LogP contribution in [0.25, 0.3) is 0 Å². The summed E-state index contributed by atoms with van der Waals surface area (Å²) in [5.41, 5.74) is 0. The fourth-order valence-electron chi connectivity index (χ4n) is 10.7. The van der Waals surface area contributed by atoms with Gasteiger partial charge >= 0.3 is 0 Å². The maximum Gasteiger partial charge on any atom is 0.0578 e. The molecule has 65 heavy (non-hydrogen) atoms. The number of hydrogen-bond donors (Lipinski definition) is 0. The van der Waals surface area contributed by atoms with Crippen LogP contribution in [-0.2, 0) is 4.74 Å². The van der Waals surface area contributed by atoms with E-state index in [-0.39, 0.29) is 0 Å². The van der Waals surface area contributed by atoms with E-state index in [9.17, 15) is 0 Å². The van der Waals surface area contributed by atoms with E-state index in [0.717, 1.165) is 0 Å². The third-order valence-corrected chi connectivity index (χ3v) is 15.4. The maximum atomic E-state index is 7.29. The largest absolute Gasteiger partial charge is 0.375 e. The topological polar surface area (TPSA) is 9.23 Å². The van der Waals surface area contributed by atoms with Crippen LogP contribution in [0.15, 0.2) is 0 Å². The van der Waals surface area contributed by atoms with Gasteiger partial charge < -0.3 is 4.74 Å². The zero-order chi connectivity index (χ0) is 46.9. The molecule has 0 aliphatic carbocycles. The standard InChI is InChI=1S/C64H130O/c1-5-9-13-17-21-25-29-33-35-37-41-45-49-53-57-61-63(59-55-51-47-43-39-31-27-23-19-15-11-7-3)65-64(60-56-52-48-44-40-32-28-24-20-16-12-8-4)62-58-54-50-46-42-38-36-34-30-26-22-18-14-10-6-2/h63-64H,5-62H2,1-4H3. The predicted molar refractivity (Wildman–Crippen MR) is 299 cm³/mol. The van der Waals surface area contributed by atoms with Gasteiger partial charge in [-0.3, -0.25) is 0 Å². The summed E-state index contributed by atoms with van der Waals surface area (Å²) < 4.78 is 7.29. The van der Waals surface area contributed by atoms with Crippen LogP contribution in [-0.4, -0.2) is 12.2 Å². The monoisotopic (exact) mass is 915 g/mol. The minimum Gasteiger partial charge on any atom is -0.375 e. The molecule has 0 aromatic heterocycles. The molecule has 0 spiro atoms. The van der Waals surface area contributed by atoms with Crippen LogP contribution in [0.2, 0.25) is 0 Å². The number of unbranched alkanes of at least 4 members (excludes halogenated alkanes) is 50. The van der Waals surface area contributed by atoms with Gasteiger partial charge in [-0.25, -0.2) is 0 Å². The molecule has 1 heteroatoms. The van der Waals surface area contributed by atoms with Crippen LogP contribution in [0.3, 0.4) is 0 Å². The first-order valence-electron chi connectivity index (χ1n) is 31.9. The molecule has 0 amide bonds. The Morgan fingerprint density at radius 2 is 0.262 bits per heavy atom. The lowest BCUT2D eigenvalue weighted by Gasteiger charge is -2.26. The molecule has 0 bridgehead atoms. The molecule has 2 atom stereocenters. The summed E-state index contributed by atoms with van der Waals surface area (Å²) in [6.07, 6.45) is 84.6. The molecular weight excluding hydrogens is 785 g/mol. The van der Waals surface area contributed by atoms with Crippen LogP contribution in [0.1, 0.15) is 400 Å². The van der Waals surface area contributed by atoms with E-state index in [0.29, 0.717) is 12.2 Å². The number of ether oxygens (including phenoxy) is 1. The fraction of sp³-hybridized carbons (Fsp3) is 1.00. The van der Waals surface area contributed by atoms with Crippen LogP contribution < -0.4 is 0 Å². The molecule has 0 aromatic carbocycles. The second-order valence-corrected chi connectivity index (χ2v) is 22.2. The van der Waals surface area contributed by atoms with Crippen LogP contribution in [0.5, 0.6) is 0 Å². The molecule has 392 valence electrons. The predicted octanol–water partition coefficient (Wildman–Crippen LogP) is 24.4. The summed E-state index contributed by atoms with van der Waals surface area (Å²) in [5.74, 6) is 0. The maximum absolute atomic E-state index is 7.29. The Balaban J connectivity index is 4.81. The van der Waals surface area contributed by atoms with Crippen molar-refractivity contribution in [2.24, 2.45) is 0 Å². The molecule has 0 N–H and O–H groups in total. The highest BCUT2D eigenvalue weighted by Crippen LogP contribution is 2.25. The quantitative estimate of drug-likeness (QED) is 0.0553. The molecular formula is C64H130O. The van der Waals surface area contributed by atoms with Crippen molar-refractivity contribution in [3.63, 3.8) is 0 Å². The Bertz CT molecular complexity index is 726. The zero-order valence-electron chi connectivity index (χ0n) is 46.6. The molecule has 0 aromatic rings. The Hall–Kier alpha value is -0.0400. The molecule has 0 aliphatic rings. The van der Waals surface area contributed by atoms with Gasteiger partial charge in [0.15, 0.2) is 0 Å². The highest BCUT2D eigenvalue weighted by atomic mass is 16.5. The Morgan fingerprint density at radius 1 is 0.154 bits per heavy atom. The van der Waals surface area contributed by atoms with Crippen molar-refractivity contribution < 1.29 is 4.74 Å². The summed E-state index contributed by atoms with van der Waals surface area (Å²) in [7, 11) is 0. The van der Waals surface area contributed by atoms with Gasteiger partial charge in [-0.1, -0.05) is 374 Å². The second kappa shape index (κ2) is 60.1. The van der Waals surface area contributed by atoms with Crippen LogP contribution in [0.4, 0.5) is 0 Å². The fourth-order valence-corrected chi connectivity index (χ4v) is 10.7. The van der Waals surface area contributed by atoms with Gasteiger partial charge in [0.1, 0.15) is 0 Å². The highest BCUT2D eigenvalue weighted by Gasteiger charge is 2.17. The lowest BCUT2D eigenvalue weighted by Crippen LogP contribution is -2.23. The highest BCUT2D eigenvalue weighted by molar-refractivity contribution is 4.68. The van der Waals surface area contributed by atoms with Gasteiger partial charge in [-0.05, 0) is 25.7 Å². The van der Waals surface area contributed by atoms with Crippen molar-refractivity contribution in [2.75, 3.05) is 0 Å². The van der Waals surface area contributed by atoms with Gasteiger partial charge in [0.25, 0.3) is 0 Å². The van der Waals surface area contributed by atoms with Crippen molar-refractivity contribution in [3.8, 4) is 0 Å². The first-order valence-corrected chi connectivity index (χ1v) is 31.9. The Kier molecular flexibility index (Phi) is 60.0. The van der Waals surface area contributed by atoms with E-state index in [1.807, 2.05) is 0 Å². The van der Waals surface area contributed by atoms with E-state index in [1.54, 1.807) is 0 Å². The SMILES string of the molecule is CCCCCCCCCCCCCCCCCC(CCCCCCCCCCCCCC)OC(CCCCCCCCCCCCCC)CCCCCCCCCCCCCCCCC. The second-order valence-electron chi connectivity index (χ2n) is 22.2. The molecule has 0 aliphatic heterocycles. The Morgan fingerprint density at radius 3 is 0.385 bits per heavy atom. The van der Waals surface area contributed by atoms with Gasteiger partial charge in [0.05, 0.1) is 12.2 Å². The van der Waals surface area contributed by atoms with E-state index >= 15 is 0 Å². The molecule has 1 nitrogen and oxygen atoms in total. The third-order valence-electron chi connectivity index (χ3n) is 15.4. The molecule has 0 saturated carbocycles. The van der Waals surface area contributed by atoms with E-state index < -0.39 is 0 Å². The molecule has 0 radical (unpaired) electrons. The summed E-state index contributed by atoms with van der Waals surface area (Å²) in [4.78, 5) is 0. The van der Waals surface area contributed by atoms with Crippen molar-refractivity contribution >= 4 is 0 Å². The van der Waals surface area contributed by atoms with Crippen LogP contribution >= 0.6 is 0 Å². The number of hydrogen-bond acceptors (Lipinski definition) is 1. The molecule has 0 heterocycles. The minimum atomic E-state index is 0.513. The van der Waals surface area contributed by atoms with Crippen LogP contribution in [0, 0.1) is 0 Å². The molecule has 2 unspecified atom stereocenters. The lowest BCUT2D eigenvalue weighted by molar-refractivity contribution is -0.0324.